The Morgan fingerprint density at radius 3 is 2.25 bits per heavy atom. The van der Waals surface area contributed by atoms with Gasteiger partial charge in [-0.2, -0.15) is 0 Å². The van der Waals surface area contributed by atoms with E-state index in [1.165, 1.54) is 11.1 Å². The minimum atomic E-state index is -0.157. The zero-order valence-corrected chi connectivity index (χ0v) is 12.7. The van der Waals surface area contributed by atoms with Crippen molar-refractivity contribution in [3.63, 3.8) is 0 Å². The molecule has 2 nitrogen and oxygen atoms in total. The molecule has 0 aliphatic carbocycles. The van der Waals surface area contributed by atoms with Crippen molar-refractivity contribution in [3.8, 4) is 5.75 Å². The van der Waals surface area contributed by atoms with E-state index in [0.29, 0.717) is 0 Å². The van der Waals surface area contributed by atoms with Gasteiger partial charge in [-0.25, -0.2) is 0 Å². The molecule has 0 radical (unpaired) electrons. The normalized spacial score (nSPS) is 12.2. The largest absolute Gasteiger partial charge is 0.496 e. The highest BCUT2D eigenvalue weighted by molar-refractivity contribution is 5.49. The van der Waals surface area contributed by atoms with Crippen molar-refractivity contribution < 1.29 is 4.74 Å². The molecule has 1 atom stereocenters. The number of nitrogens with two attached hydrogens (primary N) is 1. The molecule has 0 saturated carbocycles. The molecule has 0 aromatic heterocycles. The van der Waals surface area contributed by atoms with Gasteiger partial charge in [0.1, 0.15) is 5.75 Å². The fourth-order valence-electron chi connectivity index (χ4n) is 2.47. The lowest BCUT2D eigenvalue weighted by molar-refractivity contribution is 0.404. The maximum Gasteiger partial charge on any atom is 0.127 e. The Labute approximate surface area is 121 Å². The van der Waals surface area contributed by atoms with Gasteiger partial charge < -0.3 is 10.5 Å². The molecule has 0 bridgehead atoms. The van der Waals surface area contributed by atoms with Gasteiger partial charge in [0, 0.05) is 5.56 Å². The second-order valence-electron chi connectivity index (χ2n) is 5.20. The maximum absolute atomic E-state index is 6.42. The van der Waals surface area contributed by atoms with Crippen LogP contribution in [0.2, 0.25) is 0 Å². The molecule has 2 aromatic rings. The van der Waals surface area contributed by atoms with Gasteiger partial charge in [0.25, 0.3) is 0 Å². The third-order valence-corrected chi connectivity index (χ3v) is 3.99. The number of benzene rings is 2. The van der Waals surface area contributed by atoms with Crippen LogP contribution in [0.3, 0.4) is 0 Å². The van der Waals surface area contributed by atoms with Crippen molar-refractivity contribution in [1.82, 2.24) is 0 Å². The predicted molar refractivity (Wildman–Crippen MR) is 84.3 cm³/mol. The lowest BCUT2D eigenvalue weighted by Crippen LogP contribution is -2.14. The molecule has 2 N–H and O–H groups in total. The van der Waals surface area contributed by atoms with E-state index in [4.69, 9.17) is 10.5 Å². The second kappa shape index (κ2) is 6.10. The van der Waals surface area contributed by atoms with E-state index in [1.807, 2.05) is 0 Å². The third kappa shape index (κ3) is 2.70. The summed E-state index contributed by atoms with van der Waals surface area (Å²) in [6.45, 7) is 6.31. The Balaban J connectivity index is 2.42. The highest BCUT2D eigenvalue weighted by Gasteiger charge is 2.16. The topological polar surface area (TPSA) is 35.2 Å². The number of methoxy groups -OCH3 is 1. The fraction of sp³-hybridized carbons (Fsp3) is 0.333. The lowest BCUT2D eigenvalue weighted by atomic mass is 9.94. The van der Waals surface area contributed by atoms with E-state index in [2.05, 4.69) is 57.2 Å². The van der Waals surface area contributed by atoms with Crippen LogP contribution in [0, 0.1) is 13.8 Å². The minimum absolute atomic E-state index is 0.157. The van der Waals surface area contributed by atoms with Crippen molar-refractivity contribution in [1.29, 1.82) is 0 Å². The molecular weight excluding hydrogens is 246 g/mol. The summed E-state index contributed by atoms with van der Waals surface area (Å²) in [6, 6.07) is 12.5. The third-order valence-electron chi connectivity index (χ3n) is 3.99. The van der Waals surface area contributed by atoms with E-state index in [0.717, 1.165) is 28.9 Å². The highest BCUT2D eigenvalue weighted by Crippen LogP contribution is 2.32. The van der Waals surface area contributed by atoms with Crippen LogP contribution in [0.15, 0.2) is 36.4 Å². The van der Waals surface area contributed by atoms with Gasteiger partial charge >= 0.3 is 0 Å². The quantitative estimate of drug-likeness (QED) is 0.913. The molecule has 1 unspecified atom stereocenters. The summed E-state index contributed by atoms with van der Waals surface area (Å²) in [7, 11) is 1.71. The van der Waals surface area contributed by atoms with Gasteiger partial charge in [0.15, 0.2) is 0 Å². The second-order valence-corrected chi connectivity index (χ2v) is 5.20. The summed E-state index contributed by atoms with van der Waals surface area (Å²) < 4.78 is 5.56. The molecule has 0 heterocycles. The number of hydrogen-bond donors (Lipinski definition) is 1. The van der Waals surface area contributed by atoms with Crippen molar-refractivity contribution in [2.45, 2.75) is 33.2 Å². The molecule has 0 aliphatic heterocycles. The first-order valence-electron chi connectivity index (χ1n) is 7.07. The molecule has 0 aliphatic rings. The summed E-state index contributed by atoms with van der Waals surface area (Å²) in [5, 5.41) is 0. The zero-order chi connectivity index (χ0) is 14.7. The average Bonchev–Trinajstić information content (AvgIpc) is 2.49. The highest BCUT2D eigenvalue weighted by atomic mass is 16.5. The van der Waals surface area contributed by atoms with Crippen LogP contribution in [-0.2, 0) is 6.42 Å². The predicted octanol–water partition coefficient (Wildman–Crippen LogP) is 3.92. The van der Waals surface area contributed by atoms with E-state index in [9.17, 15) is 0 Å². The van der Waals surface area contributed by atoms with Crippen LogP contribution >= 0.6 is 0 Å². The van der Waals surface area contributed by atoms with Crippen molar-refractivity contribution in [3.05, 3.63) is 64.2 Å². The summed E-state index contributed by atoms with van der Waals surface area (Å²) in [5.74, 6) is 0.900. The molecule has 20 heavy (non-hydrogen) atoms. The fourth-order valence-corrected chi connectivity index (χ4v) is 2.47. The molecule has 0 amide bonds. The first-order valence-corrected chi connectivity index (χ1v) is 7.07. The number of rotatable bonds is 4. The smallest absolute Gasteiger partial charge is 0.127 e. The Hall–Kier alpha value is -1.80. The van der Waals surface area contributed by atoms with Gasteiger partial charge in [-0.1, -0.05) is 43.3 Å². The van der Waals surface area contributed by atoms with Gasteiger partial charge in [-0.15, -0.1) is 0 Å². The summed E-state index contributed by atoms with van der Waals surface area (Å²) in [5.41, 5.74) is 12.3. The Bertz CT molecular complexity index is 587. The molecule has 2 heteroatoms. The van der Waals surface area contributed by atoms with Crippen molar-refractivity contribution >= 4 is 0 Å². The number of ether oxygens (including phenoxy) is 1. The lowest BCUT2D eigenvalue weighted by Gasteiger charge is -2.19. The van der Waals surface area contributed by atoms with Gasteiger partial charge in [-0.05, 0) is 42.5 Å². The van der Waals surface area contributed by atoms with Crippen LogP contribution in [-0.4, -0.2) is 7.11 Å². The van der Waals surface area contributed by atoms with Crippen LogP contribution in [0.1, 0.15) is 40.8 Å². The van der Waals surface area contributed by atoms with Gasteiger partial charge in [-0.3, -0.25) is 0 Å². The molecule has 0 saturated heterocycles. The first kappa shape index (κ1) is 14.6. The van der Waals surface area contributed by atoms with Crippen LogP contribution in [0.25, 0.3) is 0 Å². The standard InChI is InChI=1S/C18H23NO/c1-5-14-7-9-15(10-8-14)17(19)16-11-6-12(2)13(3)18(16)20-4/h6-11,17H,5,19H2,1-4H3. The SMILES string of the molecule is CCc1ccc(C(N)c2ccc(C)c(C)c2OC)cc1. The molecule has 2 aromatic carbocycles. The van der Waals surface area contributed by atoms with Crippen molar-refractivity contribution in [2.24, 2.45) is 5.73 Å². The van der Waals surface area contributed by atoms with E-state index < -0.39 is 0 Å². The summed E-state index contributed by atoms with van der Waals surface area (Å²) in [4.78, 5) is 0. The molecule has 0 fully saturated rings. The molecular formula is C18H23NO. The van der Waals surface area contributed by atoms with E-state index in [-0.39, 0.29) is 6.04 Å². The number of hydrogen-bond acceptors (Lipinski definition) is 2. The molecule has 2 rings (SSSR count). The number of aryl methyl sites for hydroxylation is 2. The van der Waals surface area contributed by atoms with Gasteiger partial charge in [0.2, 0.25) is 0 Å². The Kier molecular flexibility index (Phi) is 4.46. The zero-order valence-electron chi connectivity index (χ0n) is 12.7. The van der Waals surface area contributed by atoms with Crippen LogP contribution < -0.4 is 10.5 Å². The maximum atomic E-state index is 6.42. The van der Waals surface area contributed by atoms with E-state index >= 15 is 0 Å². The Morgan fingerprint density at radius 2 is 1.70 bits per heavy atom. The summed E-state index contributed by atoms with van der Waals surface area (Å²) in [6.07, 6.45) is 1.04. The van der Waals surface area contributed by atoms with Crippen LogP contribution in [0.5, 0.6) is 5.75 Å². The molecule has 106 valence electrons. The van der Waals surface area contributed by atoms with E-state index in [1.54, 1.807) is 7.11 Å². The summed E-state index contributed by atoms with van der Waals surface area (Å²) >= 11 is 0. The molecule has 0 spiro atoms. The average molecular weight is 269 g/mol. The first-order chi connectivity index (χ1) is 9.58. The monoisotopic (exact) mass is 269 g/mol. The Morgan fingerprint density at radius 1 is 1.05 bits per heavy atom. The van der Waals surface area contributed by atoms with Crippen LogP contribution in [0.4, 0.5) is 0 Å². The minimum Gasteiger partial charge on any atom is -0.496 e. The van der Waals surface area contributed by atoms with Crippen molar-refractivity contribution in [2.75, 3.05) is 7.11 Å². The van der Waals surface area contributed by atoms with Gasteiger partial charge in [0.05, 0.1) is 13.2 Å².